The molecule has 1 N–H and O–H groups in total. The molecule has 2 aromatic carbocycles. The Bertz CT molecular complexity index is 637. The molecule has 0 radical (unpaired) electrons. The van der Waals surface area contributed by atoms with Crippen molar-refractivity contribution >= 4 is 27.2 Å². The molecular weight excluding hydrogens is 230 g/mol. The summed E-state index contributed by atoms with van der Waals surface area (Å²) in [6.45, 7) is 0. The topological polar surface area (TPSA) is 49.1 Å². The predicted octanol–water partition coefficient (Wildman–Crippen LogP) is 4.63. The molecule has 0 aliphatic rings. The molecule has 17 heavy (non-hydrogen) atoms. The Hall–Kier alpha value is -2.07. The average molecular weight is 239 g/mol. The number of hydrogen-bond donors (Lipinski definition) is 1. The van der Waals surface area contributed by atoms with Crippen LogP contribution in [0.1, 0.15) is 0 Å². The summed E-state index contributed by atoms with van der Waals surface area (Å²) < 4.78 is 1.19. The van der Waals surface area contributed by atoms with Crippen molar-refractivity contribution in [3.8, 4) is 10.6 Å². The standard InChI is InChI=1S/C13H9N3S/c14-16-10-7-5-9(6-8-10)13-15-11-3-1-2-4-12(11)17-13/h1-8,14H. The maximum absolute atomic E-state index is 6.92. The monoisotopic (exact) mass is 239 g/mol. The number of aromatic nitrogens is 1. The number of nitrogens with zero attached hydrogens (tertiary/aromatic N) is 2. The first-order valence-electron chi connectivity index (χ1n) is 5.20. The number of benzene rings is 2. The van der Waals surface area contributed by atoms with Crippen molar-refractivity contribution in [2.45, 2.75) is 0 Å². The second kappa shape index (κ2) is 4.07. The summed E-state index contributed by atoms with van der Waals surface area (Å²) in [6, 6.07) is 15.7. The maximum Gasteiger partial charge on any atom is 0.124 e. The van der Waals surface area contributed by atoms with Crippen molar-refractivity contribution in [2.24, 2.45) is 5.11 Å². The molecule has 4 heteroatoms. The van der Waals surface area contributed by atoms with Gasteiger partial charge < -0.3 is 0 Å². The second-order valence-corrected chi connectivity index (χ2v) is 4.68. The van der Waals surface area contributed by atoms with Gasteiger partial charge in [-0.05, 0) is 36.4 Å². The Balaban J connectivity index is 2.10. The van der Waals surface area contributed by atoms with Gasteiger partial charge in [0.1, 0.15) is 5.01 Å². The van der Waals surface area contributed by atoms with Crippen LogP contribution in [0.25, 0.3) is 20.8 Å². The smallest absolute Gasteiger partial charge is 0.124 e. The molecule has 0 fully saturated rings. The fraction of sp³-hybridized carbons (Fsp3) is 0. The third kappa shape index (κ3) is 1.83. The number of hydrogen-bond acceptors (Lipinski definition) is 4. The van der Waals surface area contributed by atoms with Crippen molar-refractivity contribution in [2.75, 3.05) is 0 Å². The van der Waals surface area contributed by atoms with Crippen molar-refractivity contribution < 1.29 is 0 Å². The first kappa shape index (κ1) is 10.1. The lowest BCUT2D eigenvalue weighted by Crippen LogP contribution is -1.74. The van der Waals surface area contributed by atoms with Gasteiger partial charge in [-0.1, -0.05) is 12.1 Å². The molecule has 82 valence electrons. The molecule has 0 spiro atoms. The first-order valence-corrected chi connectivity index (χ1v) is 6.02. The highest BCUT2D eigenvalue weighted by Gasteiger charge is 2.05. The molecule has 0 saturated carbocycles. The highest BCUT2D eigenvalue weighted by atomic mass is 32.1. The van der Waals surface area contributed by atoms with Gasteiger partial charge >= 0.3 is 0 Å². The van der Waals surface area contributed by atoms with Gasteiger partial charge in [0.15, 0.2) is 0 Å². The average Bonchev–Trinajstić information content (AvgIpc) is 2.82. The summed E-state index contributed by atoms with van der Waals surface area (Å²) >= 11 is 1.68. The van der Waals surface area contributed by atoms with Gasteiger partial charge in [0.25, 0.3) is 0 Å². The van der Waals surface area contributed by atoms with E-state index in [-0.39, 0.29) is 0 Å². The Morgan fingerprint density at radius 3 is 2.47 bits per heavy atom. The lowest BCUT2D eigenvalue weighted by Gasteiger charge is -1.95. The molecule has 3 rings (SSSR count). The minimum Gasteiger partial charge on any atom is -0.236 e. The first-order chi connectivity index (χ1) is 8.36. The van der Waals surface area contributed by atoms with E-state index in [0.717, 1.165) is 16.1 Å². The molecule has 0 aliphatic carbocycles. The molecule has 3 aromatic rings. The predicted molar refractivity (Wildman–Crippen MR) is 69.9 cm³/mol. The highest BCUT2D eigenvalue weighted by molar-refractivity contribution is 7.21. The molecule has 3 nitrogen and oxygen atoms in total. The highest BCUT2D eigenvalue weighted by Crippen LogP contribution is 2.30. The van der Waals surface area contributed by atoms with E-state index < -0.39 is 0 Å². The molecule has 1 aromatic heterocycles. The summed E-state index contributed by atoms with van der Waals surface area (Å²) in [5.74, 6) is 0. The van der Waals surface area contributed by atoms with Crippen molar-refractivity contribution in [3.63, 3.8) is 0 Å². The molecular formula is C13H9N3S. The summed E-state index contributed by atoms with van der Waals surface area (Å²) in [6.07, 6.45) is 0. The Kier molecular flexibility index (Phi) is 2.42. The SMILES string of the molecule is N=Nc1ccc(-c2nc3ccccc3s2)cc1. The van der Waals surface area contributed by atoms with Crippen molar-refractivity contribution in [1.29, 1.82) is 5.53 Å². The van der Waals surface area contributed by atoms with Crippen molar-refractivity contribution in [1.82, 2.24) is 4.98 Å². The van der Waals surface area contributed by atoms with E-state index in [0.29, 0.717) is 5.69 Å². The molecule has 0 amide bonds. The van der Waals surface area contributed by atoms with Crippen LogP contribution < -0.4 is 0 Å². The lowest BCUT2D eigenvalue weighted by atomic mass is 10.2. The zero-order valence-electron chi connectivity index (χ0n) is 8.92. The van der Waals surface area contributed by atoms with Gasteiger partial charge in [0.05, 0.1) is 15.9 Å². The van der Waals surface area contributed by atoms with E-state index in [4.69, 9.17) is 5.53 Å². The van der Waals surface area contributed by atoms with Crippen LogP contribution in [0.4, 0.5) is 5.69 Å². The Morgan fingerprint density at radius 2 is 1.76 bits per heavy atom. The number of para-hydroxylation sites is 1. The van der Waals surface area contributed by atoms with Crippen molar-refractivity contribution in [3.05, 3.63) is 48.5 Å². The van der Waals surface area contributed by atoms with Crippen LogP contribution in [-0.2, 0) is 0 Å². The van der Waals surface area contributed by atoms with Crippen LogP contribution in [0, 0.1) is 5.53 Å². The molecule has 0 unspecified atom stereocenters. The van der Waals surface area contributed by atoms with Crippen LogP contribution >= 0.6 is 11.3 Å². The Morgan fingerprint density at radius 1 is 1.00 bits per heavy atom. The summed E-state index contributed by atoms with van der Waals surface area (Å²) in [5, 5.41) is 4.38. The van der Waals surface area contributed by atoms with E-state index in [1.165, 1.54) is 4.70 Å². The van der Waals surface area contributed by atoms with Crippen LogP contribution in [0.3, 0.4) is 0 Å². The molecule has 0 saturated heterocycles. The normalized spacial score (nSPS) is 10.6. The number of fused-ring (bicyclic) bond motifs is 1. The van der Waals surface area contributed by atoms with Gasteiger partial charge in [0, 0.05) is 5.56 Å². The summed E-state index contributed by atoms with van der Waals surface area (Å²) in [4.78, 5) is 4.58. The quantitative estimate of drug-likeness (QED) is 0.651. The molecule has 0 bridgehead atoms. The Labute approximate surface area is 102 Å². The third-order valence-corrected chi connectivity index (χ3v) is 3.62. The van der Waals surface area contributed by atoms with Crippen LogP contribution in [0.2, 0.25) is 0 Å². The maximum atomic E-state index is 6.92. The van der Waals surface area contributed by atoms with E-state index in [2.05, 4.69) is 16.2 Å². The van der Waals surface area contributed by atoms with Gasteiger partial charge in [-0.25, -0.2) is 10.5 Å². The minimum atomic E-state index is 0.662. The van der Waals surface area contributed by atoms with E-state index in [9.17, 15) is 0 Å². The molecule has 1 heterocycles. The number of thiazole rings is 1. The van der Waals surface area contributed by atoms with Gasteiger partial charge in [0.2, 0.25) is 0 Å². The summed E-state index contributed by atoms with van der Waals surface area (Å²) in [7, 11) is 0. The summed E-state index contributed by atoms with van der Waals surface area (Å²) in [5.41, 5.74) is 9.68. The fourth-order valence-electron chi connectivity index (χ4n) is 1.67. The van der Waals surface area contributed by atoms with E-state index >= 15 is 0 Å². The minimum absolute atomic E-state index is 0.662. The van der Waals surface area contributed by atoms with Crippen LogP contribution in [0.5, 0.6) is 0 Å². The van der Waals surface area contributed by atoms with Gasteiger partial charge in [-0.3, -0.25) is 0 Å². The molecule has 0 atom stereocenters. The largest absolute Gasteiger partial charge is 0.236 e. The number of nitrogens with one attached hydrogen (secondary N) is 1. The zero-order chi connectivity index (χ0) is 11.7. The van der Waals surface area contributed by atoms with Gasteiger partial charge in [-0.15, -0.1) is 11.3 Å². The van der Waals surface area contributed by atoms with E-state index in [1.54, 1.807) is 11.3 Å². The molecule has 0 aliphatic heterocycles. The lowest BCUT2D eigenvalue weighted by molar-refractivity contribution is 1.15. The van der Waals surface area contributed by atoms with Crippen LogP contribution in [-0.4, -0.2) is 4.98 Å². The second-order valence-electron chi connectivity index (χ2n) is 3.65. The number of rotatable bonds is 2. The fourth-order valence-corrected chi connectivity index (χ4v) is 2.65. The van der Waals surface area contributed by atoms with Gasteiger partial charge in [-0.2, -0.15) is 5.11 Å². The van der Waals surface area contributed by atoms with Crippen LogP contribution in [0.15, 0.2) is 53.6 Å². The van der Waals surface area contributed by atoms with E-state index in [1.807, 2.05) is 42.5 Å². The zero-order valence-corrected chi connectivity index (χ0v) is 9.74. The third-order valence-electron chi connectivity index (χ3n) is 2.54.